The maximum atomic E-state index is 5.80. The number of nitrogens with two attached hydrogens (primary N) is 1. The predicted molar refractivity (Wildman–Crippen MR) is 68.3 cm³/mol. The molecular formula is C12H15N3OS. The lowest BCUT2D eigenvalue weighted by molar-refractivity contribution is 0.397. The fraction of sp³-hybridized carbons (Fsp3) is 0.333. The molecule has 1 atom stereocenters. The van der Waals surface area contributed by atoms with Crippen molar-refractivity contribution < 1.29 is 4.74 Å². The van der Waals surface area contributed by atoms with Crippen molar-refractivity contribution >= 4 is 11.3 Å². The molecule has 2 aromatic rings. The third-order valence-electron chi connectivity index (χ3n) is 2.38. The van der Waals surface area contributed by atoms with Crippen LogP contribution in [0.15, 0.2) is 24.5 Å². The van der Waals surface area contributed by atoms with Crippen LogP contribution in [0.5, 0.6) is 5.88 Å². The lowest BCUT2D eigenvalue weighted by Gasteiger charge is -2.00. The van der Waals surface area contributed by atoms with Gasteiger partial charge in [0.15, 0.2) is 0 Å². The number of hydrogen-bond acceptors (Lipinski definition) is 5. The predicted octanol–water partition coefficient (Wildman–Crippen LogP) is 2.16. The number of ether oxygens (including phenoxy) is 1. The van der Waals surface area contributed by atoms with Crippen molar-refractivity contribution in [3.05, 3.63) is 40.0 Å². The van der Waals surface area contributed by atoms with Gasteiger partial charge in [-0.1, -0.05) is 6.07 Å². The minimum Gasteiger partial charge on any atom is -0.481 e. The van der Waals surface area contributed by atoms with Crippen LogP contribution in [0.4, 0.5) is 0 Å². The average molecular weight is 249 g/mol. The molecule has 0 radical (unpaired) electrons. The van der Waals surface area contributed by atoms with Gasteiger partial charge in [0.2, 0.25) is 5.88 Å². The highest BCUT2D eigenvalue weighted by Crippen LogP contribution is 2.21. The van der Waals surface area contributed by atoms with Crippen LogP contribution in [0.2, 0.25) is 0 Å². The van der Waals surface area contributed by atoms with E-state index in [2.05, 4.69) is 9.97 Å². The lowest BCUT2D eigenvalue weighted by atomic mass is 10.2. The molecule has 2 rings (SSSR count). The van der Waals surface area contributed by atoms with E-state index in [1.165, 1.54) is 0 Å². The van der Waals surface area contributed by atoms with Crippen molar-refractivity contribution in [2.24, 2.45) is 5.73 Å². The minimum atomic E-state index is 0.0512. The first kappa shape index (κ1) is 12.0. The van der Waals surface area contributed by atoms with E-state index in [1.807, 2.05) is 31.5 Å². The van der Waals surface area contributed by atoms with Gasteiger partial charge in [-0.05, 0) is 12.5 Å². The fourth-order valence-corrected chi connectivity index (χ4v) is 2.34. The molecule has 0 fully saturated rings. The van der Waals surface area contributed by atoms with Crippen LogP contribution in [0.25, 0.3) is 0 Å². The number of nitrogens with zero attached hydrogens (tertiary/aromatic N) is 2. The van der Waals surface area contributed by atoms with Gasteiger partial charge in [0.25, 0.3) is 0 Å². The molecule has 2 N–H and O–H groups in total. The molecule has 0 spiro atoms. The van der Waals surface area contributed by atoms with Crippen LogP contribution in [-0.4, -0.2) is 17.1 Å². The summed E-state index contributed by atoms with van der Waals surface area (Å²) in [5.74, 6) is 0.629. The van der Waals surface area contributed by atoms with Crippen molar-refractivity contribution in [2.75, 3.05) is 7.11 Å². The second-order valence-electron chi connectivity index (χ2n) is 3.83. The van der Waals surface area contributed by atoms with Gasteiger partial charge in [-0.15, -0.1) is 11.3 Å². The van der Waals surface area contributed by atoms with Gasteiger partial charge in [-0.2, -0.15) is 0 Å². The Morgan fingerprint density at radius 2 is 2.18 bits per heavy atom. The zero-order valence-corrected chi connectivity index (χ0v) is 10.7. The minimum absolute atomic E-state index is 0.0512. The summed E-state index contributed by atoms with van der Waals surface area (Å²) in [6.45, 7) is 1.96. The Bertz CT molecular complexity index is 479. The summed E-state index contributed by atoms with van der Waals surface area (Å²) < 4.78 is 5.01. The molecule has 0 aliphatic heterocycles. The number of hydrogen-bond donors (Lipinski definition) is 1. The smallest absolute Gasteiger partial charge is 0.212 e. The first-order valence-corrected chi connectivity index (χ1v) is 6.20. The van der Waals surface area contributed by atoms with E-state index in [0.29, 0.717) is 5.88 Å². The number of methoxy groups -OCH3 is 1. The van der Waals surface area contributed by atoms with Crippen molar-refractivity contribution in [3.63, 3.8) is 0 Å². The van der Waals surface area contributed by atoms with Crippen molar-refractivity contribution in [3.8, 4) is 5.88 Å². The molecule has 1 unspecified atom stereocenters. The molecular weight excluding hydrogens is 234 g/mol. The van der Waals surface area contributed by atoms with Crippen LogP contribution < -0.4 is 10.5 Å². The lowest BCUT2D eigenvalue weighted by Crippen LogP contribution is -2.01. The van der Waals surface area contributed by atoms with Gasteiger partial charge in [0.05, 0.1) is 12.1 Å². The molecule has 0 saturated heterocycles. The topological polar surface area (TPSA) is 61.0 Å². The summed E-state index contributed by atoms with van der Waals surface area (Å²) in [7, 11) is 1.61. The summed E-state index contributed by atoms with van der Waals surface area (Å²) in [5, 5.41) is 1.06. The van der Waals surface area contributed by atoms with E-state index in [9.17, 15) is 0 Å². The first-order valence-electron chi connectivity index (χ1n) is 5.38. The highest BCUT2D eigenvalue weighted by atomic mass is 32.1. The fourth-order valence-electron chi connectivity index (χ4n) is 1.43. The maximum Gasteiger partial charge on any atom is 0.212 e. The van der Waals surface area contributed by atoms with Crippen LogP contribution >= 0.6 is 11.3 Å². The van der Waals surface area contributed by atoms with Crippen molar-refractivity contribution in [2.45, 2.75) is 19.4 Å². The number of aromatic nitrogens is 2. The van der Waals surface area contributed by atoms with E-state index in [-0.39, 0.29) is 6.04 Å². The summed E-state index contributed by atoms with van der Waals surface area (Å²) in [6.07, 6.45) is 4.45. The third-order valence-corrected chi connectivity index (χ3v) is 3.58. The number of rotatable bonds is 4. The van der Waals surface area contributed by atoms with E-state index in [4.69, 9.17) is 10.5 Å². The van der Waals surface area contributed by atoms with Crippen molar-refractivity contribution in [1.82, 2.24) is 9.97 Å². The molecule has 0 amide bonds. The molecule has 0 aliphatic carbocycles. The SMILES string of the molecule is COc1ccc(Cc2ncc(C(C)N)s2)cn1. The van der Waals surface area contributed by atoms with Crippen LogP contribution in [-0.2, 0) is 6.42 Å². The van der Waals surface area contributed by atoms with Crippen LogP contribution in [0, 0.1) is 0 Å². The maximum absolute atomic E-state index is 5.80. The normalized spacial score (nSPS) is 12.4. The summed E-state index contributed by atoms with van der Waals surface area (Å²) in [5.41, 5.74) is 6.92. The van der Waals surface area contributed by atoms with E-state index < -0.39 is 0 Å². The van der Waals surface area contributed by atoms with Gasteiger partial charge in [-0.25, -0.2) is 9.97 Å². The number of pyridine rings is 1. The highest BCUT2D eigenvalue weighted by Gasteiger charge is 2.06. The first-order chi connectivity index (χ1) is 8.19. The molecule has 17 heavy (non-hydrogen) atoms. The zero-order chi connectivity index (χ0) is 12.3. The molecule has 90 valence electrons. The number of thiazole rings is 1. The zero-order valence-electron chi connectivity index (χ0n) is 9.88. The Kier molecular flexibility index (Phi) is 3.71. The molecule has 2 aromatic heterocycles. The Hall–Kier alpha value is -1.46. The van der Waals surface area contributed by atoms with Gasteiger partial charge in [0, 0.05) is 35.8 Å². The van der Waals surface area contributed by atoms with Crippen molar-refractivity contribution in [1.29, 1.82) is 0 Å². The average Bonchev–Trinajstić information content (AvgIpc) is 2.79. The quantitative estimate of drug-likeness (QED) is 0.902. The molecule has 5 heteroatoms. The van der Waals surface area contributed by atoms with Gasteiger partial charge >= 0.3 is 0 Å². The Morgan fingerprint density at radius 1 is 1.35 bits per heavy atom. The van der Waals surface area contributed by atoms with Gasteiger partial charge < -0.3 is 10.5 Å². The Balaban J connectivity index is 2.08. The van der Waals surface area contributed by atoms with Crippen LogP contribution in [0.3, 0.4) is 0 Å². The molecule has 0 aromatic carbocycles. The molecule has 0 saturated carbocycles. The molecule has 4 nitrogen and oxygen atoms in total. The van der Waals surface area contributed by atoms with Gasteiger partial charge in [-0.3, -0.25) is 0 Å². The summed E-state index contributed by atoms with van der Waals surface area (Å²) >= 11 is 1.65. The Labute approximate surface area is 104 Å². The standard InChI is InChI=1S/C12H15N3OS/c1-8(13)10-7-15-12(17-10)5-9-3-4-11(16-2)14-6-9/h3-4,6-8H,5,13H2,1-2H3. The van der Waals surface area contributed by atoms with E-state index in [1.54, 1.807) is 18.4 Å². The van der Waals surface area contributed by atoms with E-state index in [0.717, 1.165) is 21.9 Å². The molecule has 0 bridgehead atoms. The summed E-state index contributed by atoms with van der Waals surface area (Å²) in [4.78, 5) is 9.63. The van der Waals surface area contributed by atoms with Gasteiger partial charge in [0.1, 0.15) is 0 Å². The largest absolute Gasteiger partial charge is 0.481 e. The molecule has 0 aliphatic rings. The third kappa shape index (κ3) is 3.01. The van der Waals surface area contributed by atoms with E-state index >= 15 is 0 Å². The monoisotopic (exact) mass is 249 g/mol. The second-order valence-corrected chi connectivity index (χ2v) is 4.98. The highest BCUT2D eigenvalue weighted by molar-refractivity contribution is 7.11. The Morgan fingerprint density at radius 3 is 2.71 bits per heavy atom. The van der Waals surface area contributed by atoms with Crippen LogP contribution in [0.1, 0.15) is 28.4 Å². The second kappa shape index (κ2) is 5.25. The summed E-state index contributed by atoms with van der Waals surface area (Å²) in [6, 6.07) is 3.91. The molecule has 2 heterocycles.